The molecule has 0 aromatic carbocycles. The minimum absolute atomic E-state index is 0.0803. The lowest BCUT2D eigenvalue weighted by Gasteiger charge is -2.34. The molecule has 0 aromatic heterocycles. The van der Waals surface area contributed by atoms with Gasteiger partial charge in [-0.05, 0) is 46.7 Å². The summed E-state index contributed by atoms with van der Waals surface area (Å²) >= 11 is 0. The second-order valence-corrected chi connectivity index (χ2v) is 5.64. The topological polar surface area (TPSA) is 58.4 Å². The van der Waals surface area contributed by atoms with Crippen LogP contribution in [0.1, 0.15) is 39.5 Å². The number of carbonyl (C=O) groups excluding carboxylic acids is 1. The van der Waals surface area contributed by atoms with Crippen LogP contribution in [-0.2, 0) is 4.79 Å². The highest BCUT2D eigenvalue weighted by Crippen LogP contribution is 2.21. The van der Waals surface area contributed by atoms with E-state index in [0.29, 0.717) is 12.1 Å². The van der Waals surface area contributed by atoms with Crippen LogP contribution in [0.2, 0.25) is 0 Å². The summed E-state index contributed by atoms with van der Waals surface area (Å²) in [5, 5.41) is 3.14. The molecule has 1 aliphatic rings. The van der Waals surface area contributed by atoms with Crippen LogP contribution in [0, 0.1) is 5.92 Å². The van der Waals surface area contributed by atoms with E-state index in [-0.39, 0.29) is 17.9 Å². The molecule has 100 valence electrons. The Kier molecular flexibility index (Phi) is 5.40. The normalized spacial score (nSPS) is 28.8. The number of nitrogens with two attached hydrogens (primary N) is 1. The first-order chi connectivity index (χ1) is 7.91. The number of hydrogen-bond acceptors (Lipinski definition) is 3. The smallest absolute Gasteiger partial charge is 0.224 e. The van der Waals surface area contributed by atoms with Gasteiger partial charge in [0.15, 0.2) is 0 Å². The highest BCUT2D eigenvalue weighted by molar-refractivity contribution is 5.79. The summed E-state index contributed by atoms with van der Waals surface area (Å²) in [7, 11) is 4.22. The minimum Gasteiger partial charge on any atom is -0.353 e. The Morgan fingerprint density at radius 3 is 2.53 bits per heavy atom. The van der Waals surface area contributed by atoms with Gasteiger partial charge in [-0.2, -0.15) is 0 Å². The van der Waals surface area contributed by atoms with E-state index in [1.807, 2.05) is 13.8 Å². The van der Waals surface area contributed by atoms with Crippen LogP contribution in [0.15, 0.2) is 0 Å². The highest BCUT2D eigenvalue weighted by atomic mass is 16.1. The summed E-state index contributed by atoms with van der Waals surface area (Å²) in [6.07, 6.45) is 4.59. The van der Waals surface area contributed by atoms with Crippen LogP contribution < -0.4 is 11.1 Å². The van der Waals surface area contributed by atoms with Crippen LogP contribution in [0.5, 0.6) is 0 Å². The third-order valence-electron chi connectivity index (χ3n) is 3.93. The number of amides is 1. The van der Waals surface area contributed by atoms with Gasteiger partial charge >= 0.3 is 0 Å². The first-order valence-corrected chi connectivity index (χ1v) is 6.64. The molecule has 0 aliphatic heterocycles. The molecule has 0 heterocycles. The molecule has 0 radical (unpaired) electrons. The zero-order chi connectivity index (χ0) is 13.0. The fourth-order valence-electron chi connectivity index (χ4n) is 2.34. The Balaban J connectivity index is 2.43. The molecule has 1 fully saturated rings. The molecular weight excluding hydrogens is 214 g/mol. The third kappa shape index (κ3) is 4.28. The molecule has 1 saturated carbocycles. The van der Waals surface area contributed by atoms with E-state index < -0.39 is 0 Å². The summed E-state index contributed by atoms with van der Waals surface area (Å²) in [6.45, 7) is 3.78. The van der Waals surface area contributed by atoms with Gasteiger partial charge in [0.25, 0.3) is 0 Å². The Hall–Kier alpha value is -0.610. The van der Waals surface area contributed by atoms with Gasteiger partial charge in [-0.1, -0.05) is 6.92 Å². The number of nitrogens with zero attached hydrogens (tertiary/aromatic N) is 1. The van der Waals surface area contributed by atoms with Crippen molar-refractivity contribution < 1.29 is 4.79 Å². The fourth-order valence-corrected chi connectivity index (χ4v) is 2.34. The summed E-state index contributed by atoms with van der Waals surface area (Å²) in [5.41, 5.74) is 5.75. The Morgan fingerprint density at radius 2 is 2.00 bits per heavy atom. The van der Waals surface area contributed by atoms with Gasteiger partial charge in [-0.15, -0.1) is 0 Å². The van der Waals surface area contributed by atoms with Gasteiger partial charge in [0.05, 0.1) is 0 Å². The van der Waals surface area contributed by atoms with Gasteiger partial charge < -0.3 is 16.0 Å². The average Bonchev–Trinajstić information content (AvgIpc) is 2.28. The predicted molar refractivity (Wildman–Crippen MR) is 70.7 cm³/mol. The molecule has 0 saturated heterocycles. The molecule has 1 rings (SSSR count). The molecule has 4 atom stereocenters. The molecule has 1 aliphatic carbocycles. The van der Waals surface area contributed by atoms with Gasteiger partial charge in [-0.3, -0.25) is 4.79 Å². The van der Waals surface area contributed by atoms with Gasteiger partial charge in [-0.25, -0.2) is 0 Å². The minimum atomic E-state index is -0.102. The van der Waals surface area contributed by atoms with Crippen LogP contribution in [-0.4, -0.2) is 43.0 Å². The van der Waals surface area contributed by atoms with E-state index in [4.69, 9.17) is 5.73 Å². The van der Waals surface area contributed by atoms with Gasteiger partial charge in [0, 0.05) is 24.0 Å². The first-order valence-electron chi connectivity index (χ1n) is 6.64. The summed E-state index contributed by atoms with van der Waals surface area (Å²) in [4.78, 5) is 14.2. The maximum absolute atomic E-state index is 11.9. The van der Waals surface area contributed by atoms with E-state index >= 15 is 0 Å². The molecule has 17 heavy (non-hydrogen) atoms. The van der Waals surface area contributed by atoms with Crippen molar-refractivity contribution in [2.45, 2.75) is 57.7 Å². The largest absolute Gasteiger partial charge is 0.353 e. The highest BCUT2D eigenvalue weighted by Gasteiger charge is 2.26. The van der Waals surface area contributed by atoms with Gasteiger partial charge in [0.2, 0.25) is 5.91 Å². The van der Waals surface area contributed by atoms with Gasteiger partial charge in [0.1, 0.15) is 0 Å². The molecule has 0 aromatic rings. The van der Waals surface area contributed by atoms with E-state index in [1.54, 1.807) is 0 Å². The number of hydrogen-bond donors (Lipinski definition) is 2. The monoisotopic (exact) mass is 241 g/mol. The molecule has 0 spiro atoms. The Morgan fingerprint density at radius 1 is 1.35 bits per heavy atom. The van der Waals surface area contributed by atoms with Crippen molar-refractivity contribution in [3.05, 3.63) is 0 Å². The van der Waals surface area contributed by atoms with E-state index in [0.717, 1.165) is 12.8 Å². The van der Waals surface area contributed by atoms with Crippen molar-refractivity contribution >= 4 is 5.91 Å². The van der Waals surface area contributed by atoms with E-state index in [2.05, 4.69) is 24.3 Å². The lowest BCUT2D eigenvalue weighted by Crippen LogP contribution is -2.47. The molecule has 1 amide bonds. The number of rotatable bonds is 4. The molecule has 4 unspecified atom stereocenters. The van der Waals surface area contributed by atoms with Crippen molar-refractivity contribution in [2.24, 2.45) is 11.7 Å². The van der Waals surface area contributed by atoms with Crippen LogP contribution in [0.4, 0.5) is 0 Å². The zero-order valence-corrected chi connectivity index (χ0v) is 11.6. The Labute approximate surface area is 105 Å². The molecule has 3 N–H and O–H groups in total. The standard InChI is InChI=1S/C13H27N3O/c1-9(10(2)14)13(17)15-11-6-5-7-12(8-11)16(3)4/h9-12H,5-8,14H2,1-4H3,(H,15,17). The molecule has 4 nitrogen and oxygen atoms in total. The summed E-state index contributed by atoms with van der Waals surface area (Å²) < 4.78 is 0. The third-order valence-corrected chi connectivity index (χ3v) is 3.93. The summed E-state index contributed by atoms with van der Waals surface area (Å²) in [5.74, 6) is -0.000797. The molecular formula is C13H27N3O. The lowest BCUT2D eigenvalue weighted by atomic mass is 9.89. The number of nitrogens with one attached hydrogen (secondary N) is 1. The quantitative estimate of drug-likeness (QED) is 0.771. The first kappa shape index (κ1) is 14.5. The lowest BCUT2D eigenvalue weighted by molar-refractivity contribution is -0.126. The van der Waals surface area contributed by atoms with Crippen molar-refractivity contribution in [1.82, 2.24) is 10.2 Å². The van der Waals surface area contributed by atoms with E-state index in [9.17, 15) is 4.79 Å². The fraction of sp³-hybridized carbons (Fsp3) is 0.923. The second-order valence-electron chi connectivity index (χ2n) is 5.64. The molecule has 0 bridgehead atoms. The SMILES string of the molecule is CC(N)C(C)C(=O)NC1CCCC(N(C)C)C1. The maximum atomic E-state index is 11.9. The van der Waals surface area contributed by atoms with Crippen molar-refractivity contribution in [3.8, 4) is 0 Å². The maximum Gasteiger partial charge on any atom is 0.224 e. The van der Waals surface area contributed by atoms with Crippen LogP contribution in [0.25, 0.3) is 0 Å². The van der Waals surface area contributed by atoms with Crippen molar-refractivity contribution in [3.63, 3.8) is 0 Å². The number of carbonyl (C=O) groups is 1. The zero-order valence-electron chi connectivity index (χ0n) is 11.6. The van der Waals surface area contributed by atoms with Crippen molar-refractivity contribution in [2.75, 3.05) is 14.1 Å². The van der Waals surface area contributed by atoms with Crippen LogP contribution >= 0.6 is 0 Å². The van der Waals surface area contributed by atoms with E-state index in [1.165, 1.54) is 12.8 Å². The average molecular weight is 241 g/mol. The Bertz CT molecular complexity index is 253. The molecule has 4 heteroatoms. The van der Waals surface area contributed by atoms with Crippen LogP contribution in [0.3, 0.4) is 0 Å². The summed E-state index contributed by atoms with van der Waals surface area (Å²) in [6, 6.07) is 0.841. The second kappa shape index (κ2) is 6.36. The van der Waals surface area contributed by atoms with Crippen molar-refractivity contribution in [1.29, 1.82) is 0 Å². The predicted octanol–water partition coefficient (Wildman–Crippen LogP) is 0.959.